The van der Waals surface area contributed by atoms with Crippen molar-refractivity contribution in [3.8, 4) is 11.5 Å². The molecule has 2 N–H and O–H groups in total. The molecule has 1 unspecified atom stereocenters. The molecule has 1 saturated heterocycles. The first-order valence-electron chi connectivity index (χ1n) is 12.0. The first kappa shape index (κ1) is 25.3. The molecule has 0 saturated carbocycles. The monoisotopic (exact) mass is 470 g/mol. The summed E-state index contributed by atoms with van der Waals surface area (Å²) in [6.45, 7) is 3.63. The average Bonchev–Trinajstić information content (AvgIpc) is 2.81. The molecule has 184 valence electrons. The van der Waals surface area contributed by atoms with E-state index in [1.54, 1.807) is 11.0 Å². The highest BCUT2D eigenvalue weighted by molar-refractivity contribution is 6.00. The summed E-state index contributed by atoms with van der Waals surface area (Å²) in [5, 5.41) is 24.5. The molecule has 1 aromatic carbocycles. The van der Waals surface area contributed by atoms with Crippen LogP contribution in [0.25, 0.3) is 0 Å². The number of nitrogens with zero attached hydrogens (tertiary/aromatic N) is 2. The summed E-state index contributed by atoms with van der Waals surface area (Å²) >= 11 is 0. The first-order valence-corrected chi connectivity index (χ1v) is 12.0. The van der Waals surface area contributed by atoms with E-state index in [2.05, 4.69) is 24.2 Å². The van der Waals surface area contributed by atoms with E-state index < -0.39 is 5.97 Å². The number of amides is 1. The fourth-order valence-electron chi connectivity index (χ4n) is 4.03. The summed E-state index contributed by atoms with van der Waals surface area (Å²) < 4.78 is 5.35. The lowest BCUT2D eigenvalue weighted by Crippen LogP contribution is -2.37. The van der Waals surface area contributed by atoms with Crippen molar-refractivity contribution in [2.45, 2.75) is 51.9 Å². The number of ether oxygens (including phenoxy) is 1. The number of esters is 1. The van der Waals surface area contributed by atoms with Crippen molar-refractivity contribution in [3.63, 3.8) is 0 Å². The molecule has 2 aliphatic heterocycles. The Morgan fingerprint density at radius 3 is 2.76 bits per heavy atom. The zero-order chi connectivity index (χ0) is 24.3. The van der Waals surface area contributed by atoms with E-state index in [0.29, 0.717) is 23.6 Å². The number of aromatic hydroxyl groups is 2. The number of hydrogen-bond donors (Lipinski definition) is 2. The third-order valence-electron chi connectivity index (χ3n) is 5.87. The number of rotatable bonds is 3. The third-order valence-corrected chi connectivity index (χ3v) is 5.87. The van der Waals surface area contributed by atoms with Gasteiger partial charge in [-0.05, 0) is 62.1 Å². The van der Waals surface area contributed by atoms with E-state index in [1.807, 2.05) is 6.08 Å². The van der Waals surface area contributed by atoms with Crippen molar-refractivity contribution in [2.24, 2.45) is 11.1 Å². The van der Waals surface area contributed by atoms with E-state index in [1.165, 1.54) is 6.07 Å². The quantitative estimate of drug-likeness (QED) is 0.391. The molecule has 8 heteroatoms. The number of fused-ring (bicyclic) bond motifs is 1. The van der Waals surface area contributed by atoms with Crippen LogP contribution in [0.4, 0.5) is 0 Å². The van der Waals surface area contributed by atoms with E-state index in [4.69, 9.17) is 9.57 Å². The summed E-state index contributed by atoms with van der Waals surface area (Å²) in [6, 6.07) is 2.51. The standard InChI is InChI=1S/C26H34N2O6/c1-19-9-4-2-7-14-33-26(32)25-20(16-22(29)17-23(25)30)15-21(11-8-10-19)27-34-18-24(31)28-12-5-3-6-13-28/h4,8-9,11,16-17,19,29-30H,2-3,5-7,10,12-15,18H2,1H3/b9-4+,11-8+,27-21+. The van der Waals surface area contributed by atoms with Crippen molar-refractivity contribution >= 4 is 17.6 Å². The number of allylic oxidation sites excluding steroid dienone is 4. The summed E-state index contributed by atoms with van der Waals surface area (Å²) in [5.41, 5.74) is 0.802. The van der Waals surface area contributed by atoms with Gasteiger partial charge >= 0.3 is 5.97 Å². The van der Waals surface area contributed by atoms with Crippen molar-refractivity contribution < 1.29 is 29.4 Å². The van der Waals surface area contributed by atoms with Gasteiger partial charge in [-0.3, -0.25) is 4.79 Å². The van der Waals surface area contributed by atoms with Gasteiger partial charge < -0.3 is 24.7 Å². The summed E-state index contributed by atoms with van der Waals surface area (Å²) in [5.74, 6) is -0.994. The average molecular weight is 471 g/mol. The number of carbonyl (C=O) groups is 2. The zero-order valence-electron chi connectivity index (χ0n) is 19.7. The highest BCUT2D eigenvalue weighted by Crippen LogP contribution is 2.29. The molecule has 0 aromatic heterocycles. The maximum absolute atomic E-state index is 12.7. The number of piperidine rings is 1. The van der Waals surface area contributed by atoms with Crippen molar-refractivity contribution in [1.29, 1.82) is 0 Å². The van der Waals surface area contributed by atoms with Crippen LogP contribution in [-0.2, 0) is 20.8 Å². The normalized spacial score (nSPS) is 23.2. The maximum Gasteiger partial charge on any atom is 0.342 e. The van der Waals surface area contributed by atoms with Crippen LogP contribution in [0.15, 0.2) is 41.6 Å². The Morgan fingerprint density at radius 2 is 1.97 bits per heavy atom. The molecule has 1 fully saturated rings. The molecule has 1 aromatic rings. The number of carbonyl (C=O) groups excluding carboxylic acids is 2. The Balaban J connectivity index is 1.83. The van der Waals surface area contributed by atoms with Crippen LogP contribution in [0.2, 0.25) is 0 Å². The van der Waals surface area contributed by atoms with Crippen LogP contribution >= 0.6 is 0 Å². The molecular weight excluding hydrogens is 436 g/mol. The highest BCUT2D eigenvalue weighted by Gasteiger charge is 2.21. The predicted molar refractivity (Wildman–Crippen MR) is 129 cm³/mol. The summed E-state index contributed by atoms with van der Waals surface area (Å²) in [4.78, 5) is 32.3. The van der Waals surface area contributed by atoms with E-state index in [0.717, 1.165) is 51.3 Å². The highest BCUT2D eigenvalue weighted by atomic mass is 16.6. The van der Waals surface area contributed by atoms with Gasteiger partial charge in [0, 0.05) is 25.6 Å². The summed E-state index contributed by atoms with van der Waals surface area (Å²) in [6.07, 6.45) is 13.4. The van der Waals surface area contributed by atoms with Crippen LogP contribution in [0, 0.1) is 5.92 Å². The van der Waals surface area contributed by atoms with Crippen molar-refractivity contribution in [3.05, 3.63) is 47.6 Å². The molecule has 1 amide bonds. The van der Waals surface area contributed by atoms with Gasteiger partial charge in [-0.1, -0.05) is 30.3 Å². The fourth-order valence-corrected chi connectivity index (χ4v) is 4.03. The maximum atomic E-state index is 12.7. The first-order chi connectivity index (χ1) is 16.4. The minimum absolute atomic E-state index is 0.0120. The largest absolute Gasteiger partial charge is 0.508 e. The molecule has 0 bridgehead atoms. The molecule has 8 nitrogen and oxygen atoms in total. The van der Waals surface area contributed by atoms with Crippen LogP contribution in [0.3, 0.4) is 0 Å². The fraction of sp³-hybridized carbons (Fsp3) is 0.500. The van der Waals surface area contributed by atoms with Gasteiger partial charge in [-0.2, -0.15) is 0 Å². The number of hydrogen-bond acceptors (Lipinski definition) is 7. The van der Waals surface area contributed by atoms with Gasteiger partial charge in [0.15, 0.2) is 6.61 Å². The van der Waals surface area contributed by atoms with Gasteiger partial charge in [-0.15, -0.1) is 0 Å². The molecule has 0 radical (unpaired) electrons. The lowest BCUT2D eigenvalue weighted by Gasteiger charge is -2.26. The van der Waals surface area contributed by atoms with Gasteiger partial charge in [0.2, 0.25) is 0 Å². The minimum atomic E-state index is -0.663. The van der Waals surface area contributed by atoms with Crippen LogP contribution in [0.1, 0.15) is 61.4 Å². The van der Waals surface area contributed by atoms with Gasteiger partial charge in [0.05, 0.1) is 12.3 Å². The van der Waals surface area contributed by atoms with Gasteiger partial charge in [0.1, 0.15) is 17.1 Å². The molecular formula is C26H34N2O6. The second-order valence-corrected chi connectivity index (χ2v) is 8.79. The second kappa shape index (κ2) is 12.8. The Bertz CT molecular complexity index is 947. The Hall–Kier alpha value is -3.29. The number of phenols is 2. The molecule has 2 heterocycles. The molecule has 1 atom stereocenters. The zero-order valence-corrected chi connectivity index (χ0v) is 19.7. The number of phenolic OH excluding ortho intramolecular Hbond substituents is 2. The van der Waals surface area contributed by atoms with E-state index in [-0.39, 0.29) is 42.6 Å². The number of benzene rings is 1. The van der Waals surface area contributed by atoms with Gasteiger partial charge in [0.25, 0.3) is 5.91 Å². The minimum Gasteiger partial charge on any atom is -0.508 e. The molecule has 0 spiro atoms. The molecule has 0 aliphatic carbocycles. The second-order valence-electron chi connectivity index (χ2n) is 8.79. The number of likely N-dealkylation sites (tertiary alicyclic amines) is 1. The van der Waals surface area contributed by atoms with Crippen LogP contribution in [0.5, 0.6) is 11.5 Å². The van der Waals surface area contributed by atoms with Crippen molar-refractivity contribution in [1.82, 2.24) is 4.90 Å². The topological polar surface area (TPSA) is 109 Å². The lowest BCUT2D eigenvalue weighted by molar-refractivity contribution is -0.137. The van der Waals surface area contributed by atoms with Crippen LogP contribution in [-0.4, -0.2) is 59.0 Å². The Labute approximate surface area is 200 Å². The smallest absolute Gasteiger partial charge is 0.342 e. The Kier molecular flexibility index (Phi) is 9.55. The number of oxime groups is 1. The molecule has 3 rings (SSSR count). The van der Waals surface area contributed by atoms with Gasteiger partial charge in [-0.25, -0.2) is 4.79 Å². The predicted octanol–water partition coefficient (Wildman–Crippen LogP) is 4.11. The van der Waals surface area contributed by atoms with E-state index >= 15 is 0 Å². The van der Waals surface area contributed by atoms with Crippen molar-refractivity contribution in [2.75, 3.05) is 26.3 Å². The Morgan fingerprint density at radius 1 is 1.18 bits per heavy atom. The van der Waals surface area contributed by atoms with E-state index in [9.17, 15) is 19.8 Å². The number of cyclic esters (lactones) is 1. The third kappa shape index (κ3) is 7.64. The molecule has 2 aliphatic rings. The lowest BCUT2D eigenvalue weighted by atomic mass is 9.99. The molecule has 34 heavy (non-hydrogen) atoms. The SMILES string of the molecule is CC1/C=C/CCCOC(=O)c2c(O)cc(O)cc2CC(=N/OCC(=O)N2CCCCC2)/C=C/C1. The summed E-state index contributed by atoms with van der Waals surface area (Å²) in [7, 11) is 0. The van der Waals surface area contributed by atoms with Crippen LogP contribution < -0.4 is 0 Å².